The molecule has 0 saturated carbocycles. The molecule has 0 saturated heterocycles. The van der Waals surface area contributed by atoms with Crippen molar-refractivity contribution in [2.75, 3.05) is 5.73 Å². The number of nitrogens with two attached hydrogens (primary N) is 1. The maximum absolute atomic E-state index is 5.60. The van der Waals surface area contributed by atoms with Gasteiger partial charge in [-0.3, -0.25) is 0 Å². The van der Waals surface area contributed by atoms with E-state index in [2.05, 4.69) is 37.7 Å². The number of nitrogen functional groups attached to an aromatic ring is 1. The van der Waals surface area contributed by atoms with Crippen molar-refractivity contribution in [1.29, 1.82) is 0 Å². The summed E-state index contributed by atoms with van der Waals surface area (Å²) in [7, 11) is 0. The van der Waals surface area contributed by atoms with Crippen molar-refractivity contribution < 1.29 is 0 Å². The third kappa shape index (κ3) is 2.44. The maximum atomic E-state index is 5.60. The molecule has 2 N–H and O–H groups in total. The van der Waals surface area contributed by atoms with E-state index in [0.717, 1.165) is 18.5 Å². The summed E-state index contributed by atoms with van der Waals surface area (Å²) < 4.78 is 0. The first kappa shape index (κ1) is 11.0. The second-order valence-corrected chi connectivity index (χ2v) is 4.60. The van der Waals surface area contributed by atoms with Crippen LogP contribution in [0, 0.1) is 0 Å². The van der Waals surface area contributed by atoms with Crippen molar-refractivity contribution in [3.63, 3.8) is 0 Å². The van der Waals surface area contributed by atoms with Gasteiger partial charge < -0.3 is 5.73 Å². The van der Waals surface area contributed by atoms with Crippen LogP contribution in [-0.2, 0) is 11.8 Å². The lowest BCUT2D eigenvalue weighted by Gasteiger charge is -2.21. The Morgan fingerprint density at radius 3 is 2.50 bits per heavy atom. The standard InChI is InChI=1S/C11H19N3/c1-5-6-8-7-13-10(12)14-9(8)11(2,3)4/h7H,5-6H2,1-4H3,(H2,12,13,14). The number of aryl methyl sites for hydroxylation is 1. The van der Waals surface area contributed by atoms with Gasteiger partial charge in [-0.2, -0.15) is 0 Å². The number of hydrogen-bond donors (Lipinski definition) is 1. The van der Waals surface area contributed by atoms with Crippen LogP contribution in [-0.4, -0.2) is 9.97 Å². The van der Waals surface area contributed by atoms with Gasteiger partial charge in [0.1, 0.15) is 0 Å². The van der Waals surface area contributed by atoms with E-state index >= 15 is 0 Å². The van der Waals surface area contributed by atoms with E-state index in [1.165, 1.54) is 5.56 Å². The molecule has 0 fully saturated rings. The Morgan fingerprint density at radius 2 is 2.00 bits per heavy atom. The summed E-state index contributed by atoms with van der Waals surface area (Å²) in [4.78, 5) is 8.37. The fourth-order valence-corrected chi connectivity index (χ4v) is 1.52. The molecular weight excluding hydrogens is 174 g/mol. The quantitative estimate of drug-likeness (QED) is 0.784. The first-order valence-electron chi connectivity index (χ1n) is 5.07. The largest absolute Gasteiger partial charge is 0.368 e. The van der Waals surface area contributed by atoms with Gasteiger partial charge in [0.25, 0.3) is 0 Å². The molecule has 0 radical (unpaired) electrons. The van der Waals surface area contributed by atoms with E-state index in [1.807, 2.05) is 6.20 Å². The van der Waals surface area contributed by atoms with Crippen LogP contribution in [0.1, 0.15) is 45.4 Å². The minimum atomic E-state index is 0.0432. The molecule has 3 nitrogen and oxygen atoms in total. The molecule has 0 unspecified atom stereocenters. The summed E-state index contributed by atoms with van der Waals surface area (Å²) in [5.74, 6) is 0.370. The van der Waals surface area contributed by atoms with Crippen LogP contribution in [0.2, 0.25) is 0 Å². The SMILES string of the molecule is CCCc1cnc(N)nc1C(C)(C)C. The Labute approximate surface area is 85.8 Å². The van der Waals surface area contributed by atoms with Crippen molar-refractivity contribution in [1.82, 2.24) is 9.97 Å². The summed E-state index contributed by atoms with van der Waals surface area (Å²) >= 11 is 0. The van der Waals surface area contributed by atoms with Crippen molar-refractivity contribution in [2.45, 2.75) is 46.0 Å². The molecule has 1 heterocycles. The van der Waals surface area contributed by atoms with E-state index in [9.17, 15) is 0 Å². The average molecular weight is 193 g/mol. The third-order valence-electron chi connectivity index (χ3n) is 2.11. The summed E-state index contributed by atoms with van der Waals surface area (Å²) in [6, 6.07) is 0. The van der Waals surface area contributed by atoms with Gasteiger partial charge in [0.15, 0.2) is 0 Å². The Morgan fingerprint density at radius 1 is 1.36 bits per heavy atom. The van der Waals surface area contributed by atoms with Crippen molar-refractivity contribution >= 4 is 5.95 Å². The Balaban J connectivity index is 3.16. The smallest absolute Gasteiger partial charge is 0.220 e. The molecule has 14 heavy (non-hydrogen) atoms. The molecule has 0 aliphatic carbocycles. The molecule has 0 aromatic carbocycles. The first-order chi connectivity index (χ1) is 6.45. The van der Waals surface area contributed by atoms with Gasteiger partial charge in [-0.1, -0.05) is 34.1 Å². The highest BCUT2D eigenvalue weighted by molar-refractivity contribution is 5.29. The maximum Gasteiger partial charge on any atom is 0.220 e. The van der Waals surface area contributed by atoms with Crippen molar-refractivity contribution in [3.8, 4) is 0 Å². The highest BCUT2D eigenvalue weighted by Crippen LogP contribution is 2.24. The van der Waals surface area contributed by atoms with Crippen molar-refractivity contribution in [2.24, 2.45) is 0 Å². The molecule has 0 amide bonds. The monoisotopic (exact) mass is 193 g/mol. The third-order valence-corrected chi connectivity index (χ3v) is 2.11. The van der Waals surface area contributed by atoms with E-state index in [-0.39, 0.29) is 5.41 Å². The van der Waals surface area contributed by atoms with Crippen LogP contribution >= 0.6 is 0 Å². The molecule has 0 atom stereocenters. The molecule has 1 rings (SSSR count). The van der Waals surface area contributed by atoms with E-state index in [0.29, 0.717) is 5.95 Å². The van der Waals surface area contributed by atoms with E-state index in [1.54, 1.807) is 0 Å². The first-order valence-corrected chi connectivity index (χ1v) is 5.07. The van der Waals surface area contributed by atoms with Crippen LogP contribution in [0.4, 0.5) is 5.95 Å². The summed E-state index contributed by atoms with van der Waals surface area (Å²) in [5, 5.41) is 0. The Kier molecular flexibility index (Phi) is 3.09. The Hall–Kier alpha value is -1.12. The van der Waals surface area contributed by atoms with Gasteiger partial charge in [0.2, 0.25) is 5.95 Å². The highest BCUT2D eigenvalue weighted by Gasteiger charge is 2.19. The lowest BCUT2D eigenvalue weighted by Crippen LogP contribution is -2.18. The van der Waals surface area contributed by atoms with Gasteiger partial charge in [-0.25, -0.2) is 9.97 Å². The molecule has 1 aromatic heterocycles. The molecule has 1 aromatic rings. The minimum absolute atomic E-state index is 0.0432. The zero-order valence-corrected chi connectivity index (χ0v) is 9.46. The highest BCUT2D eigenvalue weighted by atomic mass is 15.0. The van der Waals surface area contributed by atoms with Crippen LogP contribution in [0.3, 0.4) is 0 Å². The summed E-state index contributed by atoms with van der Waals surface area (Å²) in [6.45, 7) is 8.60. The minimum Gasteiger partial charge on any atom is -0.368 e. The van der Waals surface area contributed by atoms with Crippen molar-refractivity contribution in [3.05, 3.63) is 17.5 Å². The number of rotatable bonds is 2. The van der Waals surface area contributed by atoms with E-state index in [4.69, 9.17) is 5.73 Å². The fraction of sp³-hybridized carbons (Fsp3) is 0.636. The molecule has 3 heteroatoms. The number of aromatic nitrogens is 2. The van der Waals surface area contributed by atoms with Gasteiger partial charge in [-0.15, -0.1) is 0 Å². The number of hydrogen-bond acceptors (Lipinski definition) is 3. The zero-order valence-electron chi connectivity index (χ0n) is 9.46. The number of anilines is 1. The molecule has 0 aliphatic heterocycles. The lowest BCUT2D eigenvalue weighted by molar-refractivity contribution is 0.558. The van der Waals surface area contributed by atoms with Gasteiger partial charge >= 0.3 is 0 Å². The zero-order chi connectivity index (χ0) is 10.8. The normalized spacial score (nSPS) is 11.7. The molecule has 0 spiro atoms. The van der Waals surface area contributed by atoms with Crippen LogP contribution in [0.5, 0.6) is 0 Å². The second-order valence-electron chi connectivity index (χ2n) is 4.60. The Bertz CT molecular complexity index is 313. The predicted molar refractivity (Wildman–Crippen MR) is 59.1 cm³/mol. The molecule has 78 valence electrons. The van der Waals surface area contributed by atoms with Gasteiger partial charge in [-0.05, 0) is 12.0 Å². The lowest BCUT2D eigenvalue weighted by atomic mass is 9.88. The van der Waals surface area contributed by atoms with Crippen LogP contribution in [0.15, 0.2) is 6.20 Å². The second kappa shape index (κ2) is 3.95. The fourth-order valence-electron chi connectivity index (χ4n) is 1.52. The molecule has 0 aliphatic rings. The molecule has 0 bridgehead atoms. The van der Waals surface area contributed by atoms with E-state index < -0.39 is 0 Å². The summed E-state index contributed by atoms with van der Waals surface area (Å²) in [5.41, 5.74) is 7.93. The predicted octanol–water partition coefficient (Wildman–Crippen LogP) is 2.31. The van der Waals surface area contributed by atoms with Gasteiger partial charge in [0, 0.05) is 11.6 Å². The van der Waals surface area contributed by atoms with Crippen LogP contribution < -0.4 is 5.73 Å². The average Bonchev–Trinajstić information content (AvgIpc) is 2.07. The summed E-state index contributed by atoms with van der Waals surface area (Å²) in [6.07, 6.45) is 3.98. The topological polar surface area (TPSA) is 51.8 Å². The van der Waals surface area contributed by atoms with Gasteiger partial charge in [0.05, 0.1) is 5.69 Å². The molecular formula is C11H19N3. The number of nitrogens with zero attached hydrogens (tertiary/aromatic N) is 2. The van der Waals surface area contributed by atoms with Crippen LogP contribution in [0.25, 0.3) is 0 Å².